The summed E-state index contributed by atoms with van der Waals surface area (Å²) >= 11 is 1.19. The van der Waals surface area contributed by atoms with Gasteiger partial charge in [0, 0.05) is 24.2 Å². The van der Waals surface area contributed by atoms with Crippen molar-refractivity contribution in [2.24, 2.45) is 5.41 Å². The van der Waals surface area contributed by atoms with Crippen molar-refractivity contribution in [2.75, 3.05) is 13.7 Å². The molecule has 19 heavy (non-hydrogen) atoms. The van der Waals surface area contributed by atoms with Gasteiger partial charge in [0.1, 0.15) is 6.04 Å². The number of hydrogen-bond acceptors (Lipinski definition) is 5. The number of aromatic nitrogens is 1. The van der Waals surface area contributed by atoms with Crippen molar-refractivity contribution in [1.29, 1.82) is 0 Å². The minimum absolute atomic E-state index is 0.0321. The summed E-state index contributed by atoms with van der Waals surface area (Å²) in [7, 11) is 1.39. The van der Waals surface area contributed by atoms with Gasteiger partial charge in [-0.1, -0.05) is 32.1 Å². The van der Waals surface area contributed by atoms with Gasteiger partial charge in [0.25, 0.3) is 0 Å². The molecule has 5 nitrogen and oxygen atoms in total. The summed E-state index contributed by atoms with van der Waals surface area (Å²) in [6.07, 6.45) is 0. The monoisotopic (exact) mass is 286 g/mol. The Morgan fingerprint density at radius 2 is 2.16 bits per heavy atom. The molecule has 6 heteroatoms. The van der Waals surface area contributed by atoms with Crippen molar-refractivity contribution in [2.45, 2.75) is 40.3 Å². The van der Waals surface area contributed by atoms with E-state index in [0.29, 0.717) is 13.1 Å². The van der Waals surface area contributed by atoms with E-state index in [1.807, 2.05) is 33.1 Å². The van der Waals surface area contributed by atoms with E-state index in [2.05, 4.69) is 5.32 Å². The van der Waals surface area contributed by atoms with E-state index in [9.17, 15) is 9.59 Å². The van der Waals surface area contributed by atoms with E-state index < -0.39 is 0 Å². The van der Waals surface area contributed by atoms with Gasteiger partial charge in [-0.05, 0) is 12.3 Å². The summed E-state index contributed by atoms with van der Waals surface area (Å²) in [6, 6.07) is -0.382. The number of aryl methyl sites for hydroxylation is 1. The average Bonchev–Trinajstić information content (AvgIpc) is 2.63. The topological polar surface area (TPSA) is 60.3 Å². The molecule has 0 spiro atoms. The van der Waals surface area contributed by atoms with Crippen LogP contribution in [-0.4, -0.2) is 30.2 Å². The van der Waals surface area contributed by atoms with Crippen LogP contribution in [0.15, 0.2) is 10.2 Å². The minimum atomic E-state index is -0.382. The highest BCUT2D eigenvalue weighted by Crippen LogP contribution is 2.20. The fraction of sp³-hybridized carbons (Fsp3) is 0.692. The molecular formula is C13H22N2O3S. The first kappa shape index (κ1) is 15.9. The number of carbonyl (C=O) groups is 1. The molecular weight excluding hydrogens is 264 g/mol. The third-order valence-corrected chi connectivity index (χ3v) is 3.84. The maximum absolute atomic E-state index is 11.7. The maximum Gasteiger partial charge on any atom is 0.323 e. The Kier molecular flexibility index (Phi) is 5.31. The Hall–Kier alpha value is -1.14. The Morgan fingerprint density at radius 1 is 1.53 bits per heavy atom. The number of ether oxygens (including phenoxy) is 1. The van der Waals surface area contributed by atoms with Gasteiger partial charge in [-0.3, -0.25) is 9.59 Å². The van der Waals surface area contributed by atoms with E-state index in [-0.39, 0.29) is 22.3 Å². The summed E-state index contributed by atoms with van der Waals surface area (Å²) in [6.45, 7) is 8.93. The molecule has 1 aromatic heterocycles. The summed E-state index contributed by atoms with van der Waals surface area (Å²) in [5.74, 6) is -0.276. The van der Waals surface area contributed by atoms with Gasteiger partial charge in [-0.25, -0.2) is 0 Å². The number of thiazole rings is 1. The lowest BCUT2D eigenvalue weighted by molar-refractivity contribution is -0.146. The van der Waals surface area contributed by atoms with Crippen LogP contribution in [0.5, 0.6) is 0 Å². The van der Waals surface area contributed by atoms with Gasteiger partial charge in [0.2, 0.25) is 0 Å². The van der Waals surface area contributed by atoms with Crippen molar-refractivity contribution in [3.63, 3.8) is 0 Å². The van der Waals surface area contributed by atoms with Crippen LogP contribution in [0.3, 0.4) is 0 Å². The second-order valence-corrected chi connectivity index (χ2v) is 6.39. The highest BCUT2D eigenvalue weighted by atomic mass is 32.1. The Morgan fingerprint density at radius 3 is 2.58 bits per heavy atom. The summed E-state index contributed by atoms with van der Waals surface area (Å²) in [5.41, 5.74) is 0.712. The molecule has 0 radical (unpaired) electrons. The molecule has 1 heterocycles. The number of nitrogens with zero attached hydrogens (tertiary/aromatic N) is 1. The Bertz CT molecular complexity index is 485. The van der Waals surface area contributed by atoms with Gasteiger partial charge in [0.15, 0.2) is 0 Å². The second kappa shape index (κ2) is 6.34. The van der Waals surface area contributed by atoms with Gasteiger partial charge in [0.05, 0.1) is 7.11 Å². The minimum Gasteiger partial charge on any atom is -0.468 e. The molecule has 0 aromatic carbocycles. The van der Waals surface area contributed by atoms with Crippen LogP contribution in [-0.2, 0) is 16.1 Å². The zero-order valence-corrected chi connectivity index (χ0v) is 13.0. The van der Waals surface area contributed by atoms with Gasteiger partial charge < -0.3 is 14.6 Å². The molecule has 0 aliphatic heterocycles. The van der Waals surface area contributed by atoms with Gasteiger partial charge >= 0.3 is 10.8 Å². The lowest BCUT2D eigenvalue weighted by Gasteiger charge is -2.29. The summed E-state index contributed by atoms with van der Waals surface area (Å²) in [5, 5.41) is 5.01. The SMILES string of the molecule is COC(=O)[C@@H](NCCn1c(C)csc1=O)C(C)(C)C. The zero-order valence-electron chi connectivity index (χ0n) is 12.1. The van der Waals surface area contributed by atoms with E-state index in [1.165, 1.54) is 18.4 Å². The van der Waals surface area contributed by atoms with E-state index in [0.717, 1.165) is 5.69 Å². The van der Waals surface area contributed by atoms with Crippen molar-refractivity contribution >= 4 is 17.3 Å². The zero-order chi connectivity index (χ0) is 14.6. The van der Waals surface area contributed by atoms with Crippen molar-refractivity contribution in [3.05, 3.63) is 20.7 Å². The van der Waals surface area contributed by atoms with Crippen LogP contribution >= 0.6 is 11.3 Å². The molecule has 0 amide bonds. The van der Waals surface area contributed by atoms with Crippen molar-refractivity contribution in [1.82, 2.24) is 9.88 Å². The number of esters is 1. The number of rotatable bonds is 5. The predicted octanol–water partition coefficient (Wildman–Crippen LogP) is 1.40. The molecule has 1 aromatic rings. The Balaban J connectivity index is 2.64. The lowest BCUT2D eigenvalue weighted by atomic mass is 9.87. The van der Waals surface area contributed by atoms with E-state index >= 15 is 0 Å². The largest absolute Gasteiger partial charge is 0.468 e. The average molecular weight is 286 g/mol. The lowest BCUT2D eigenvalue weighted by Crippen LogP contribution is -2.48. The highest BCUT2D eigenvalue weighted by molar-refractivity contribution is 7.07. The fourth-order valence-corrected chi connectivity index (χ4v) is 2.62. The molecule has 0 aliphatic rings. The number of nitrogens with one attached hydrogen (secondary N) is 1. The normalized spacial score (nSPS) is 13.3. The molecule has 1 rings (SSSR count). The second-order valence-electron chi connectivity index (χ2n) is 5.57. The first-order valence-electron chi connectivity index (χ1n) is 6.23. The van der Waals surface area contributed by atoms with Crippen LogP contribution < -0.4 is 10.2 Å². The summed E-state index contributed by atoms with van der Waals surface area (Å²) in [4.78, 5) is 23.3. The molecule has 0 saturated carbocycles. The number of methoxy groups -OCH3 is 1. The fourth-order valence-electron chi connectivity index (χ4n) is 1.86. The standard InChI is InChI=1S/C13H22N2O3S/c1-9-8-19-12(17)15(9)7-6-14-10(11(16)18-5)13(2,3)4/h8,10,14H,6-7H2,1-5H3/t10-/m1/s1. The first-order chi connectivity index (χ1) is 8.77. The molecule has 0 fully saturated rings. The van der Waals surface area contributed by atoms with Crippen LogP contribution in [0.4, 0.5) is 0 Å². The van der Waals surface area contributed by atoms with E-state index in [1.54, 1.807) is 4.57 Å². The van der Waals surface area contributed by atoms with Crippen LogP contribution in [0.1, 0.15) is 26.5 Å². The third kappa shape index (κ3) is 4.18. The molecule has 1 N–H and O–H groups in total. The maximum atomic E-state index is 11.7. The predicted molar refractivity (Wildman–Crippen MR) is 76.6 cm³/mol. The molecule has 108 valence electrons. The quantitative estimate of drug-likeness (QED) is 0.831. The molecule has 0 unspecified atom stereocenters. The van der Waals surface area contributed by atoms with Gasteiger partial charge in [-0.15, -0.1) is 0 Å². The highest BCUT2D eigenvalue weighted by Gasteiger charge is 2.31. The summed E-state index contributed by atoms with van der Waals surface area (Å²) < 4.78 is 6.51. The number of carbonyl (C=O) groups excluding carboxylic acids is 1. The third-order valence-electron chi connectivity index (χ3n) is 2.96. The van der Waals surface area contributed by atoms with Crippen LogP contribution in [0, 0.1) is 12.3 Å². The molecule has 0 saturated heterocycles. The van der Waals surface area contributed by atoms with Crippen LogP contribution in [0.2, 0.25) is 0 Å². The Labute approximate surface area is 117 Å². The first-order valence-corrected chi connectivity index (χ1v) is 7.11. The smallest absolute Gasteiger partial charge is 0.323 e. The molecule has 0 aliphatic carbocycles. The van der Waals surface area contributed by atoms with Gasteiger partial charge in [-0.2, -0.15) is 0 Å². The molecule has 0 bridgehead atoms. The van der Waals surface area contributed by atoms with Crippen molar-refractivity contribution in [3.8, 4) is 0 Å². The molecule has 1 atom stereocenters. The van der Waals surface area contributed by atoms with E-state index in [4.69, 9.17) is 4.74 Å². The van der Waals surface area contributed by atoms with Crippen LogP contribution in [0.25, 0.3) is 0 Å². The van der Waals surface area contributed by atoms with Crippen molar-refractivity contribution < 1.29 is 9.53 Å². The number of hydrogen-bond donors (Lipinski definition) is 1.